The van der Waals surface area contributed by atoms with Crippen molar-refractivity contribution >= 4 is 22.9 Å². The van der Waals surface area contributed by atoms with Gasteiger partial charge in [-0.1, -0.05) is 17.7 Å². The van der Waals surface area contributed by atoms with Gasteiger partial charge in [0.1, 0.15) is 5.82 Å². The maximum absolute atomic E-state index is 12.9. The second kappa shape index (κ2) is 5.17. The van der Waals surface area contributed by atoms with Crippen molar-refractivity contribution in [1.29, 1.82) is 0 Å². The van der Waals surface area contributed by atoms with Gasteiger partial charge in [-0.2, -0.15) is 0 Å². The molecule has 1 aromatic carbocycles. The largest absolute Gasteiger partial charge is 0.387 e. The average molecular weight is 271 g/mol. The van der Waals surface area contributed by atoms with Gasteiger partial charge in [-0.05, 0) is 36.8 Å². The molecule has 0 aliphatic heterocycles. The molecule has 0 fully saturated rings. The van der Waals surface area contributed by atoms with Gasteiger partial charge in [-0.3, -0.25) is 0 Å². The summed E-state index contributed by atoms with van der Waals surface area (Å²) in [6.07, 6.45) is -0.185. The molecule has 1 nitrogen and oxygen atoms in total. The summed E-state index contributed by atoms with van der Waals surface area (Å²) in [4.78, 5) is 2.06. The molecule has 0 saturated heterocycles. The van der Waals surface area contributed by atoms with Gasteiger partial charge in [0.15, 0.2) is 0 Å². The van der Waals surface area contributed by atoms with E-state index in [-0.39, 0.29) is 5.82 Å². The summed E-state index contributed by atoms with van der Waals surface area (Å²) in [5, 5.41) is 10.4. The van der Waals surface area contributed by atoms with E-state index in [0.29, 0.717) is 11.4 Å². The maximum atomic E-state index is 12.9. The topological polar surface area (TPSA) is 20.2 Å². The Hall–Kier alpha value is -0.900. The number of aliphatic hydroxyl groups excluding tert-OH is 1. The monoisotopic (exact) mass is 270 g/mol. The van der Waals surface area contributed by atoms with Crippen LogP contribution in [0.15, 0.2) is 30.3 Å². The molecule has 0 radical (unpaired) electrons. The lowest BCUT2D eigenvalue weighted by Crippen LogP contribution is -2.00. The Morgan fingerprint density at radius 2 is 2.12 bits per heavy atom. The molecule has 0 bridgehead atoms. The number of thiophene rings is 1. The predicted octanol–water partition coefficient (Wildman–Crippen LogP) is 4.13. The van der Waals surface area contributed by atoms with Crippen molar-refractivity contribution in [1.82, 2.24) is 0 Å². The van der Waals surface area contributed by atoms with Crippen LogP contribution < -0.4 is 0 Å². The van der Waals surface area contributed by atoms with Crippen molar-refractivity contribution in [3.63, 3.8) is 0 Å². The summed E-state index contributed by atoms with van der Waals surface area (Å²) in [6, 6.07) is 8.11. The first-order valence-corrected chi connectivity index (χ1v) is 6.44. The molecule has 0 aliphatic rings. The van der Waals surface area contributed by atoms with Crippen molar-refractivity contribution in [2.24, 2.45) is 0 Å². The van der Waals surface area contributed by atoms with E-state index >= 15 is 0 Å². The van der Waals surface area contributed by atoms with Crippen LogP contribution in [0.2, 0.25) is 5.02 Å². The lowest BCUT2D eigenvalue weighted by atomic mass is 10.1. The lowest BCUT2D eigenvalue weighted by Gasteiger charge is -2.10. The van der Waals surface area contributed by atoms with E-state index < -0.39 is 6.10 Å². The van der Waals surface area contributed by atoms with Gasteiger partial charge in [0.25, 0.3) is 0 Å². The first-order valence-electron chi connectivity index (χ1n) is 5.24. The number of hydrogen-bond acceptors (Lipinski definition) is 2. The number of aliphatic hydroxyl groups is 1. The van der Waals surface area contributed by atoms with Gasteiger partial charge in [0.2, 0.25) is 0 Å². The SMILES string of the molecule is Cc1ccc(C(O)Cc2ccc(F)cc2Cl)s1. The van der Waals surface area contributed by atoms with Crippen molar-refractivity contribution in [2.75, 3.05) is 0 Å². The first kappa shape index (κ1) is 12.6. The molecular weight excluding hydrogens is 259 g/mol. The molecule has 1 heterocycles. The Balaban J connectivity index is 2.15. The third-order valence-electron chi connectivity index (χ3n) is 2.52. The minimum Gasteiger partial charge on any atom is -0.387 e. The zero-order valence-electron chi connectivity index (χ0n) is 9.28. The van der Waals surface area contributed by atoms with E-state index in [2.05, 4.69) is 0 Å². The van der Waals surface area contributed by atoms with E-state index in [1.54, 1.807) is 17.4 Å². The van der Waals surface area contributed by atoms with Gasteiger partial charge in [0.05, 0.1) is 6.10 Å². The van der Waals surface area contributed by atoms with Gasteiger partial charge in [0, 0.05) is 21.2 Å². The van der Waals surface area contributed by atoms with Crippen molar-refractivity contribution < 1.29 is 9.50 Å². The number of halogens is 2. The predicted molar refractivity (Wildman–Crippen MR) is 69.1 cm³/mol. The summed E-state index contributed by atoms with van der Waals surface area (Å²) >= 11 is 7.48. The second-order valence-electron chi connectivity index (χ2n) is 3.90. The molecule has 1 aromatic heterocycles. The minimum atomic E-state index is -0.586. The van der Waals surface area contributed by atoms with Crippen LogP contribution in [0.1, 0.15) is 21.4 Å². The summed E-state index contributed by atoms with van der Waals surface area (Å²) in [5.41, 5.74) is 0.756. The van der Waals surface area contributed by atoms with Crippen LogP contribution in [0, 0.1) is 12.7 Å². The second-order valence-corrected chi connectivity index (χ2v) is 5.63. The average Bonchev–Trinajstić information content (AvgIpc) is 2.69. The first-order chi connectivity index (χ1) is 8.06. The maximum Gasteiger partial charge on any atom is 0.124 e. The van der Waals surface area contributed by atoms with Crippen LogP contribution in [0.4, 0.5) is 4.39 Å². The van der Waals surface area contributed by atoms with Crippen LogP contribution in [0.3, 0.4) is 0 Å². The summed E-state index contributed by atoms with van der Waals surface area (Å²) in [6.45, 7) is 1.99. The molecule has 0 aliphatic carbocycles. The Labute approximate surface area is 108 Å². The lowest BCUT2D eigenvalue weighted by molar-refractivity contribution is 0.182. The van der Waals surface area contributed by atoms with Gasteiger partial charge < -0.3 is 5.11 Å². The highest BCUT2D eigenvalue weighted by Gasteiger charge is 2.12. The molecule has 1 atom stereocenters. The smallest absolute Gasteiger partial charge is 0.124 e. The minimum absolute atomic E-state index is 0.359. The highest BCUT2D eigenvalue weighted by Crippen LogP contribution is 2.28. The summed E-state index contributed by atoms with van der Waals surface area (Å²) < 4.78 is 12.9. The molecule has 4 heteroatoms. The number of hydrogen-bond donors (Lipinski definition) is 1. The van der Waals surface area contributed by atoms with E-state index in [9.17, 15) is 9.50 Å². The number of rotatable bonds is 3. The van der Waals surface area contributed by atoms with Crippen molar-refractivity contribution in [3.05, 3.63) is 56.5 Å². The van der Waals surface area contributed by atoms with Crippen LogP contribution in [-0.4, -0.2) is 5.11 Å². The van der Waals surface area contributed by atoms with Crippen LogP contribution in [-0.2, 0) is 6.42 Å². The molecule has 0 amide bonds. The number of benzene rings is 1. The quantitative estimate of drug-likeness (QED) is 0.889. The highest BCUT2D eigenvalue weighted by molar-refractivity contribution is 7.12. The van der Waals surface area contributed by atoms with Crippen LogP contribution >= 0.6 is 22.9 Å². The molecule has 0 saturated carbocycles. The fourth-order valence-electron chi connectivity index (χ4n) is 1.63. The van der Waals surface area contributed by atoms with E-state index in [4.69, 9.17) is 11.6 Å². The Kier molecular flexibility index (Phi) is 3.82. The van der Waals surface area contributed by atoms with E-state index in [1.165, 1.54) is 12.1 Å². The normalized spacial score (nSPS) is 12.7. The zero-order valence-corrected chi connectivity index (χ0v) is 10.9. The highest BCUT2D eigenvalue weighted by atomic mass is 35.5. The molecule has 90 valence electrons. The van der Waals surface area contributed by atoms with Gasteiger partial charge in [-0.15, -0.1) is 11.3 Å². The fourth-order valence-corrected chi connectivity index (χ4v) is 2.74. The van der Waals surface area contributed by atoms with Crippen LogP contribution in [0.5, 0.6) is 0 Å². The fraction of sp³-hybridized carbons (Fsp3) is 0.231. The Bertz CT molecular complexity index is 524. The molecule has 0 spiro atoms. The molecule has 1 N–H and O–H groups in total. The third kappa shape index (κ3) is 3.06. The Morgan fingerprint density at radius 3 is 2.71 bits per heavy atom. The van der Waals surface area contributed by atoms with E-state index in [1.807, 2.05) is 19.1 Å². The molecule has 2 aromatic rings. The third-order valence-corrected chi connectivity index (χ3v) is 3.97. The molecule has 1 unspecified atom stereocenters. The summed E-state index contributed by atoms with van der Waals surface area (Å²) in [5.74, 6) is -0.361. The zero-order chi connectivity index (χ0) is 12.4. The van der Waals surface area contributed by atoms with Gasteiger partial charge >= 0.3 is 0 Å². The standard InChI is InChI=1S/C13H12ClFOS/c1-8-2-5-13(17-8)12(16)6-9-3-4-10(15)7-11(9)14/h2-5,7,12,16H,6H2,1H3. The van der Waals surface area contributed by atoms with E-state index in [0.717, 1.165) is 15.3 Å². The number of aryl methyl sites for hydroxylation is 1. The molecule has 17 heavy (non-hydrogen) atoms. The summed E-state index contributed by atoms with van der Waals surface area (Å²) in [7, 11) is 0. The van der Waals surface area contributed by atoms with Crippen LogP contribution in [0.25, 0.3) is 0 Å². The van der Waals surface area contributed by atoms with Crippen molar-refractivity contribution in [2.45, 2.75) is 19.4 Å². The molecular formula is C13H12ClFOS. The molecule has 2 rings (SSSR count). The van der Waals surface area contributed by atoms with Crippen molar-refractivity contribution in [3.8, 4) is 0 Å². The van der Waals surface area contributed by atoms with Gasteiger partial charge in [-0.25, -0.2) is 4.39 Å². The Morgan fingerprint density at radius 1 is 1.35 bits per heavy atom.